The van der Waals surface area contributed by atoms with Gasteiger partial charge in [0, 0.05) is 38.3 Å². The van der Waals surface area contributed by atoms with Crippen molar-refractivity contribution in [3.8, 4) is 11.5 Å². The van der Waals surface area contributed by atoms with Crippen molar-refractivity contribution in [3.63, 3.8) is 0 Å². The first kappa shape index (κ1) is 24.1. The van der Waals surface area contributed by atoms with E-state index in [9.17, 15) is 14.4 Å². The highest BCUT2D eigenvalue weighted by Crippen LogP contribution is 2.49. The van der Waals surface area contributed by atoms with Crippen molar-refractivity contribution < 1.29 is 28.3 Å². The highest BCUT2D eigenvalue weighted by molar-refractivity contribution is 6.02. The van der Waals surface area contributed by atoms with Crippen molar-refractivity contribution in [2.45, 2.75) is 18.4 Å². The Bertz CT molecular complexity index is 1390. The Morgan fingerprint density at radius 3 is 2.29 bits per heavy atom. The molecule has 9 nitrogen and oxygen atoms in total. The monoisotopic (exact) mass is 515 g/mol. The number of furan rings is 1. The maximum Gasteiger partial charge on any atom is 0.289 e. The third kappa shape index (κ3) is 3.81. The maximum absolute atomic E-state index is 14.3. The number of hydrogen-bond donors (Lipinski definition) is 0. The fraction of sp³-hybridized carbons (Fsp3) is 0.345. The van der Waals surface area contributed by atoms with Gasteiger partial charge in [-0.05, 0) is 47.4 Å². The fourth-order valence-corrected chi connectivity index (χ4v) is 6.00. The first-order valence-corrected chi connectivity index (χ1v) is 12.8. The minimum Gasteiger partial charge on any atom is -0.493 e. The summed E-state index contributed by atoms with van der Waals surface area (Å²) in [6.45, 7) is 2.13. The molecule has 3 aliphatic rings. The Morgan fingerprint density at radius 1 is 0.868 bits per heavy atom. The molecule has 2 unspecified atom stereocenters. The second-order valence-electron chi connectivity index (χ2n) is 9.76. The zero-order valence-electron chi connectivity index (χ0n) is 21.4. The molecule has 0 radical (unpaired) electrons. The van der Waals surface area contributed by atoms with Crippen LogP contribution in [0.2, 0.25) is 0 Å². The van der Waals surface area contributed by atoms with E-state index >= 15 is 0 Å². The van der Waals surface area contributed by atoms with Gasteiger partial charge in [-0.1, -0.05) is 24.3 Å². The lowest BCUT2D eigenvalue weighted by atomic mass is 9.75. The summed E-state index contributed by atoms with van der Waals surface area (Å²) in [5.74, 6) is 0.243. The van der Waals surface area contributed by atoms with Gasteiger partial charge in [0.15, 0.2) is 17.3 Å². The van der Waals surface area contributed by atoms with Crippen LogP contribution in [-0.4, -0.2) is 79.4 Å². The molecule has 2 atom stereocenters. The molecule has 3 amide bonds. The van der Waals surface area contributed by atoms with Crippen molar-refractivity contribution in [2.24, 2.45) is 0 Å². The summed E-state index contributed by atoms with van der Waals surface area (Å²) in [7, 11) is 3.08. The number of rotatable bonds is 4. The fourth-order valence-electron chi connectivity index (χ4n) is 6.00. The van der Waals surface area contributed by atoms with Crippen LogP contribution in [0.4, 0.5) is 0 Å². The Labute approximate surface area is 220 Å². The number of amides is 3. The smallest absolute Gasteiger partial charge is 0.289 e. The van der Waals surface area contributed by atoms with Gasteiger partial charge in [0.2, 0.25) is 5.91 Å². The number of ether oxygens (including phenoxy) is 2. The van der Waals surface area contributed by atoms with Gasteiger partial charge in [-0.3, -0.25) is 14.4 Å². The number of piperazine rings is 1. The van der Waals surface area contributed by atoms with Gasteiger partial charge in [-0.25, -0.2) is 0 Å². The summed E-state index contributed by atoms with van der Waals surface area (Å²) in [6, 6.07) is 14.4. The van der Waals surface area contributed by atoms with Crippen LogP contribution in [0.3, 0.4) is 0 Å². The molecule has 0 bridgehead atoms. The number of methoxy groups -OCH3 is 2. The van der Waals surface area contributed by atoms with E-state index in [4.69, 9.17) is 13.9 Å². The van der Waals surface area contributed by atoms with E-state index in [1.165, 1.54) is 13.4 Å². The van der Waals surface area contributed by atoms with Crippen LogP contribution >= 0.6 is 0 Å². The minimum atomic E-state index is -0.615. The molecule has 0 spiro atoms. The lowest BCUT2D eigenvalue weighted by Gasteiger charge is -2.47. The topological polar surface area (TPSA) is 92.5 Å². The van der Waals surface area contributed by atoms with E-state index in [1.807, 2.05) is 28.0 Å². The van der Waals surface area contributed by atoms with Crippen molar-refractivity contribution in [2.75, 3.05) is 46.9 Å². The predicted molar refractivity (Wildman–Crippen MR) is 137 cm³/mol. The Morgan fingerprint density at radius 2 is 1.58 bits per heavy atom. The summed E-state index contributed by atoms with van der Waals surface area (Å²) in [5, 5.41) is 0. The molecule has 196 valence electrons. The van der Waals surface area contributed by atoms with Crippen LogP contribution in [0.15, 0.2) is 59.2 Å². The van der Waals surface area contributed by atoms with Gasteiger partial charge in [-0.15, -0.1) is 0 Å². The molecule has 2 aromatic carbocycles. The van der Waals surface area contributed by atoms with Crippen molar-refractivity contribution >= 4 is 17.7 Å². The zero-order chi connectivity index (χ0) is 26.4. The normalized spacial score (nSPS) is 20.4. The largest absolute Gasteiger partial charge is 0.493 e. The highest BCUT2D eigenvalue weighted by Gasteiger charge is 2.48. The number of nitrogens with zero attached hydrogens (tertiary/aromatic N) is 3. The molecule has 6 rings (SSSR count). The summed E-state index contributed by atoms with van der Waals surface area (Å²) >= 11 is 0. The second kappa shape index (κ2) is 9.55. The number of carbonyl (C=O) groups is 3. The van der Waals surface area contributed by atoms with Gasteiger partial charge in [0.25, 0.3) is 11.8 Å². The van der Waals surface area contributed by atoms with E-state index in [-0.39, 0.29) is 17.7 Å². The maximum atomic E-state index is 14.3. The van der Waals surface area contributed by atoms with Gasteiger partial charge >= 0.3 is 0 Å². The number of carbonyl (C=O) groups excluding carboxylic acids is 3. The predicted octanol–water partition coefficient (Wildman–Crippen LogP) is 3.12. The molecule has 9 heteroatoms. The molecular weight excluding hydrogens is 486 g/mol. The van der Waals surface area contributed by atoms with Crippen LogP contribution in [0.1, 0.15) is 49.6 Å². The summed E-state index contributed by atoms with van der Waals surface area (Å²) in [6.07, 6.45) is 2.21. The first-order chi connectivity index (χ1) is 18.5. The Hall–Kier alpha value is -4.27. The van der Waals surface area contributed by atoms with E-state index in [2.05, 4.69) is 6.07 Å². The van der Waals surface area contributed by atoms with Crippen LogP contribution in [0, 0.1) is 0 Å². The van der Waals surface area contributed by atoms with Crippen LogP contribution in [-0.2, 0) is 11.2 Å². The zero-order valence-corrected chi connectivity index (χ0v) is 21.4. The van der Waals surface area contributed by atoms with Gasteiger partial charge in [0.1, 0.15) is 0 Å². The van der Waals surface area contributed by atoms with Crippen LogP contribution in [0.25, 0.3) is 0 Å². The average Bonchev–Trinajstić information content (AvgIpc) is 3.51. The molecule has 0 aliphatic carbocycles. The van der Waals surface area contributed by atoms with E-state index < -0.39 is 12.0 Å². The third-order valence-corrected chi connectivity index (χ3v) is 7.91. The molecule has 1 saturated heterocycles. The number of hydrogen-bond acceptors (Lipinski definition) is 6. The van der Waals surface area contributed by atoms with Gasteiger partial charge in [0.05, 0.1) is 32.4 Å². The summed E-state index contributed by atoms with van der Waals surface area (Å²) < 4.78 is 16.3. The minimum absolute atomic E-state index is 0.0669. The SMILES string of the molecule is COc1cc2c(cc1OC)C(C(=O)N1CCN(C(=O)c3ccco3)CC1)C1c3ccccc3CCN1C2=O. The van der Waals surface area contributed by atoms with E-state index in [0.717, 1.165) is 17.5 Å². The van der Waals surface area contributed by atoms with Gasteiger partial charge in [-0.2, -0.15) is 0 Å². The van der Waals surface area contributed by atoms with Crippen molar-refractivity contribution in [3.05, 3.63) is 82.8 Å². The average molecular weight is 516 g/mol. The van der Waals surface area contributed by atoms with E-state index in [0.29, 0.717) is 61.1 Å². The number of fused-ring (bicyclic) bond motifs is 4. The second-order valence-corrected chi connectivity index (χ2v) is 9.76. The molecule has 0 saturated carbocycles. The Balaban J connectivity index is 1.37. The first-order valence-electron chi connectivity index (χ1n) is 12.8. The quantitative estimate of drug-likeness (QED) is 0.530. The van der Waals surface area contributed by atoms with E-state index in [1.54, 1.807) is 36.3 Å². The molecule has 0 N–H and O–H groups in total. The molecule has 4 heterocycles. The standard InChI is InChI=1S/C29H29N3O6/c1-36-23-16-20-21(17-24(23)37-2)27(33)32-10-9-18-6-3-4-7-19(18)26(32)25(20)29(35)31-13-11-30(12-14-31)28(34)22-8-5-15-38-22/h3-8,15-17,25-26H,9-14H2,1-2H3. The highest BCUT2D eigenvalue weighted by atomic mass is 16.5. The molecule has 3 aliphatic heterocycles. The van der Waals surface area contributed by atoms with Gasteiger partial charge < -0.3 is 28.6 Å². The molecule has 3 aromatic rings. The number of benzene rings is 2. The van der Waals surface area contributed by atoms with Crippen molar-refractivity contribution in [1.29, 1.82) is 0 Å². The lowest BCUT2D eigenvalue weighted by molar-refractivity contribution is -0.136. The molecule has 1 aromatic heterocycles. The lowest BCUT2D eigenvalue weighted by Crippen LogP contribution is -2.55. The summed E-state index contributed by atoms with van der Waals surface area (Å²) in [5.41, 5.74) is 3.25. The van der Waals surface area contributed by atoms with Crippen molar-refractivity contribution in [1.82, 2.24) is 14.7 Å². The molecule has 1 fully saturated rings. The molecule has 38 heavy (non-hydrogen) atoms. The third-order valence-electron chi connectivity index (χ3n) is 7.91. The Kier molecular flexibility index (Phi) is 6.06. The molecular formula is C29H29N3O6. The van der Waals surface area contributed by atoms with Crippen LogP contribution in [0.5, 0.6) is 11.5 Å². The summed E-state index contributed by atoms with van der Waals surface area (Å²) in [4.78, 5) is 46.2. The van der Waals surface area contributed by atoms with Crippen LogP contribution < -0.4 is 9.47 Å².